The van der Waals surface area contributed by atoms with E-state index in [0.29, 0.717) is 40.3 Å². The summed E-state index contributed by atoms with van der Waals surface area (Å²) in [5.41, 5.74) is 2.81. The largest absolute Gasteiger partial charge is 0.493 e. The molecule has 8 heterocycles. The van der Waals surface area contributed by atoms with Gasteiger partial charge in [0.05, 0.1) is 49.7 Å². The molecule has 2 amide bonds. The van der Waals surface area contributed by atoms with Crippen molar-refractivity contribution in [3.63, 3.8) is 0 Å². The van der Waals surface area contributed by atoms with Crippen LogP contribution in [0.15, 0.2) is 263 Å². The van der Waals surface area contributed by atoms with Gasteiger partial charge in [0, 0.05) is 49.6 Å². The molecule has 7 aromatic carbocycles. The fraction of sp³-hybridized carbons (Fsp3) is 0.207. The van der Waals surface area contributed by atoms with E-state index in [2.05, 4.69) is 110 Å². The van der Waals surface area contributed by atoms with Crippen molar-refractivity contribution >= 4 is 94.2 Å². The monoisotopic (exact) mass is 1950 g/mol. The third-order valence-corrected chi connectivity index (χ3v) is 22.9. The molecule has 0 spiro atoms. The summed E-state index contributed by atoms with van der Waals surface area (Å²) < 4.78 is 130. The van der Waals surface area contributed by atoms with E-state index in [1.54, 1.807) is 164 Å². The van der Waals surface area contributed by atoms with Gasteiger partial charge in [-0.2, -0.15) is 9.98 Å². The van der Waals surface area contributed by atoms with E-state index in [1.165, 1.54) is 102 Å². The highest BCUT2D eigenvalue weighted by molar-refractivity contribution is 7.93. The van der Waals surface area contributed by atoms with Gasteiger partial charge in [-0.1, -0.05) is 182 Å². The third-order valence-electron chi connectivity index (χ3n) is 18.5. The highest BCUT2D eigenvalue weighted by atomic mass is 35.5. The molecule has 0 aliphatic carbocycles. The first-order chi connectivity index (χ1) is 64.3. The summed E-state index contributed by atoms with van der Waals surface area (Å²) >= 11 is 18.8. The van der Waals surface area contributed by atoms with Gasteiger partial charge in [-0.25, -0.2) is 95.2 Å². The van der Waals surface area contributed by atoms with Crippen LogP contribution in [-0.2, 0) is 55.9 Å². The maximum Gasteiger partial charge on any atom is 0.298 e. The second kappa shape index (κ2) is 45.2. The smallest absolute Gasteiger partial charge is 0.298 e. The van der Waals surface area contributed by atoms with E-state index in [-0.39, 0.29) is 147 Å². The summed E-state index contributed by atoms with van der Waals surface area (Å²) in [6.45, 7) is 18.0. The van der Waals surface area contributed by atoms with Crippen molar-refractivity contribution in [2.45, 2.75) is 99.3 Å². The lowest BCUT2D eigenvalue weighted by molar-refractivity contribution is -0.137. The van der Waals surface area contributed by atoms with Crippen LogP contribution in [0.1, 0.15) is 84.8 Å². The predicted molar refractivity (Wildman–Crippen MR) is 504 cm³/mol. The molecular weight excluding hydrogens is 1860 g/mol. The highest BCUT2D eigenvalue weighted by Gasteiger charge is 2.37. The molecule has 1 atom stereocenters. The number of anilines is 2. The number of amidine groups is 1. The van der Waals surface area contributed by atoms with Crippen LogP contribution in [0, 0.1) is 0 Å². The summed E-state index contributed by atoms with van der Waals surface area (Å²) in [6, 6.07) is 53.8. The highest BCUT2D eigenvalue weighted by Crippen LogP contribution is 2.45. The van der Waals surface area contributed by atoms with Crippen LogP contribution in [0.4, 0.5) is 11.6 Å². The van der Waals surface area contributed by atoms with Crippen molar-refractivity contribution < 1.29 is 82.6 Å². The maximum atomic E-state index is 13.5. The molecule has 0 radical (unpaired) electrons. The van der Waals surface area contributed by atoms with Crippen LogP contribution in [0.3, 0.4) is 0 Å². The number of nitrogens with zero attached hydrogens (tertiary/aromatic N) is 15. The average molecular weight is 1950 g/mol. The first kappa shape index (κ1) is 101. The molecule has 14 aromatic rings. The van der Waals surface area contributed by atoms with Crippen LogP contribution in [-0.4, -0.2) is 166 Å². The van der Waals surface area contributed by atoms with Gasteiger partial charge in [0.15, 0.2) is 102 Å². The molecule has 7 aromatic heterocycles. The Morgan fingerprint density at radius 1 is 0.378 bits per heavy atom. The zero-order valence-electron chi connectivity index (χ0n) is 74.6. The lowest BCUT2D eigenvalue weighted by Gasteiger charge is -2.21. The van der Waals surface area contributed by atoms with Crippen molar-refractivity contribution in [2.24, 2.45) is 10.1 Å². The fourth-order valence-corrected chi connectivity index (χ4v) is 14.8. The molecule has 1 aliphatic rings. The number of methoxy groups -OCH3 is 4. The number of primary sulfonamides is 1. The number of carbonyl (C=O) groups is 2. The Morgan fingerprint density at radius 2 is 0.681 bits per heavy atom. The zero-order chi connectivity index (χ0) is 97.4. The number of nitrogens with two attached hydrogens (primary N) is 1. The molecule has 0 saturated heterocycles. The number of aliphatic hydroxyl groups excluding tert-OH is 1. The second-order valence-corrected chi connectivity index (χ2v) is 37.1. The number of aliphatic hydroxyl groups is 1. The fourth-order valence-electron chi connectivity index (χ4n) is 11.6. The minimum absolute atomic E-state index is 0.000441. The number of halogens is 3. The van der Waals surface area contributed by atoms with Gasteiger partial charge in [0.25, 0.3) is 43.8 Å². The SMILES string of the molecule is CC(C)(C)c1ccc(S(N)(=O)=O)cc1.COc1ccccc1OC1C(=O)N=C(c2ncccn2)NC1=O.COc1ccccc1Oc1c(Cl)nc(-c2ncccn2)nc1Cl.COc1ccccc1Oc1c(Cl)nc(-c2ncccn2)nc1NS(=O)(=O)c1ccc(C(C)(C)C)cc1.COc1ccccc1Oc1c(NS(=O)(=O)c2ccc(C(C)(C)C)cc2)nc(-c2ncccn2)nc1OCCO. The number of nitrogens with one attached hydrogen (secondary N) is 3. The number of rotatable bonds is 26. The van der Waals surface area contributed by atoms with Crippen molar-refractivity contribution in [1.29, 1.82) is 0 Å². The van der Waals surface area contributed by atoms with Gasteiger partial charge >= 0.3 is 0 Å². The van der Waals surface area contributed by atoms with Gasteiger partial charge < -0.3 is 53.1 Å². The number of aliphatic imine (C=N–C) groups is 1. The summed E-state index contributed by atoms with van der Waals surface area (Å²) in [5.74, 6) is 2.02. The normalized spacial score (nSPS) is 12.5. The quantitative estimate of drug-likeness (QED) is 0.0248. The molecule has 6 N–H and O–H groups in total. The molecule has 700 valence electrons. The van der Waals surface area contributed by atoms with E-state index in [9.17, 15) is 39.9 Å². The Bertz CT molecular complexity index is 6840. The van der Waals surface area contributed by atoms with E-state index >= 15 is 0 Å². The number of ether oxygens (including phenoxy) is 9. The van der Waals surface area contributed by atoms with Crippen molar-refractivity contribution in [2.75, 3.05) is 51.1 Å². The van der Waals surface area contributed by atoms with Crippen LogP contribution in [0.5, 0.6) is 69.1 Å². The number of amides is 2. The first-order valence-corrected chi connectivity index (χ1v) is 46.1. The third kappa shape index (κ3) is 27.3. The summed E-state index contributed by atoms with van der Waals surface area (Å²) in [7, 11) is -5.81. The van der Waals surface area contributed by atoms with E-state index < -0.39 is 48.0 Å². The number of benzene rings is 7. The minimum atomic E-state index is -4.14. The number of sulfonamides is 3. The maximum absolute atomic E-state index is 13.5. The summed E-state index contributed by atoms with van der Waals surface area (Å²) in [5, 5.41) is 16.8. The number of hydrogen-bond donors (Lipinski definition) is 5. The Kier molecular flexibility index (Phi) is 33.8. The molecule has 15 rings (SSSR count). The van der Waals surface area contributed by atoms with Gasteiger partial charge in [-0.05, 0) is 142 Å². The van der Waals surface area contributed by atoms with Gasteiger partial charge in [0.2, 0.25) is 44.7 Å². The lowest BCUT2D eigenvalue weighted by atomic mass is 9.87. The van der Waals surface area contributed by atoms with E-state index in [0.717, 1.165) is 16.7 Å². The van der Waals surface area contributed by atoms with Crippen molar-refractivity contribution in [1.82, 2.24) is 75.1 Å². The summed E-state index contributed by atoms with van der Waals surface area (Å²) in [6.07, 6.45) is 10.8. The lowest BCUT2D eigenvalue weighted by Crippen LogP contribution is -2.50. The summed E-state index contributed by atoms with van der Waals surface area (Å²) in [4.78, 5) is 86.5. The molecule has 135 heavy (non-hydrogen) atoms. The Morgan fingerprint density at radius 3 is 1.03 bits per heavy atom. The topological polar surface area (TPSA) is 495 Å². The Labute approximate surface area is 793 Å². The van der Waals surface area contributed by atoms with Crippen molar-refractivity contribution in [3.8, 4) is 104 Å². The van der Waals surface area contributed by atoms with E-state index in [1.807, 2.05) is 47.6 Å². The van der Waals surface area contributed by atoms with Crippen LogP contribution in [0.25, 0.3) is 34.9 Å². The minimum Gasteiger partial charge on any atom is -0.493 e. The average Bonchev–Trinajstić information content (AvgIpc) is 0.776. The van der Waals surface area contributed by atoms with Crippen molar-refractivity contribution in [3.05, 3.63) is 282 Å². The van der Waals surface area contributed by atoms with Crippen LogP contribution >= 0.6 is 34.8 Å². The molecule has 1 unspecified atom stereocenters. The van der Waals surface area contributed by atoms with Gasteiger partial charge in [-0.3, -0.25) is 19.0 Å². The molecule has 0 saturated carbocycles. The molecule has 0 bridgehead atoms. The van der Waals surface area contributed by atoms with E-state index in [4.69, 9.17) is 82.6 Å². The van der Waals surface area contributed by atoms with Gasteiger partial charge in [0.1, 0.15) is 6.61 Å². The van der Waals surface area contributed by atoms with Crippen LogP contribution in [0.2, 0.25) is 15.5 Å². The number of hydrogen-bond acceptors (Lipinski definition) is 32. The molecule has 43 heteroatoms. The molecular formula is C92H90Cl3N19O18S3. The Hall–Kier alpha value is -14.7. The Balaban J connectivity index is 0.000000168. The van der Waals surface area contributed by atoms with Gasteiger partial charge in [-0.15, -0.1) is 0 Å². The predicted octanol–water partition coefficient (Wildman–Crippen LogP) is 15.7. The number of aromatic nitrogens is 14. The van der Waals surface area contributed by atoms with Crippen LogP contribution < -0.4 is 62.5 Å². The number of carbonyl (C=O) groups excluding carboxylic acids is 2. The first-order valence-electron chi connectivity index (χ1n) is 40.4. The second-order valence-electron chi connectivity index (χ2n) is 31.1. The molecule has 1 aliphatic heterocycles. The molecule has 0 fully saturated rings. The number of para-hydroxylation sites is 8. The zero-order valence-corrected chi connectivity index (χ0v) is 79.3. The standard InChI is InChI=1S/C27H29N5O6S.C25H24ClN5O4S.C15H10Cl2N4O2.C15H12N4O4.C10H15NO2S/c1-27(2,3)18-10-12-19(13-11-18)39(34,35)32-23-22(38-21-9-6-5-8-20(21)36-4)26(37-17-16-33)31-25(30-23)24-28-14-7-15-29-24;1-25(2,3)16-10-12-17(13-11-16)36(32,33)31-22-20(35-19-9-6-5-8-18(19)34-4)21(26)29-24(30-22)23-27-14-7-15-28-23;1-22-9-5-2-3-6-10(9)23-11-12(16)20-15(21-13(11)17)14-18-7-4-8-19-14;1-22-9-5-2-3-6-10(9)23-11-14(20)18-13(19-15(11)21)12-16-7-4-8-17-12;1-10(2,3)8-4-6-9(7-5-8)14(11,12)13/h5-15,33H,16-17H2,1-4H3,(H,30,31,32);5-15H,1-4H3,(H,29,30,31);2-8H,1H3;2-8,11H,1H3,(H,18,19,20,21);4-7H,1-3H3,(H2,11,12,13). The molecule has 37 nitrogen and oxygen atoms in total.